The molecule has 0 saturated heterocycles. The van der Waals surface area contributed by atoms with Crippen molar-refractivity contribution in [1.29, 1.82) is 0 Å². The molecular weight excluding hydrogens is 364 g/mol. The lowest BCUT2D eigenvalue weighted by atomic mass is 9.85. The molecule has 0 radical (unpaired) electrons. The van der Waals surface area contributed by atoms with Crippen LogP contribution in [-0.2, 0) is 10.8 Å². The van der Waals surface area contributed by atoms with Crippen LogP contribution in [0.3, 0.4) is 0 Å². The Bertz CT molecular complexity index is 1110. The number of nitrogens with zero attached hydrogens (tertiary/aromatic N) is 2. The minimum absolute atomic E-state index is 0.0792. The van der Waals surface area contributed by atoms with Crippen LogP contribution in [0.1, 0.15) is 63.8 Å². The topological polar surface area (TPSA) is 24.7 Å². The summed E-state index contributed by atoms with van der Waals surface area (Å²) in [6, 6.07) is 25.5. The van der Waals surface area contributed by atoms with Crippen molar-refractivity contribution in [1.82, 2.24) is 0 Å². The molecule has 152 valence electrons. The predicted molar refractivity (Wildman–Crippen MR) is 127 cm³/mol. The van der Waals surface area contributed by atoms with E-state index in [9.17, 15) is 0 Å². The molecule has 0 unspecified atom stereocenters. The predicted octanol–water partition coefficient (Wildman–Crippen LogP) is 6.62. The molecule has 0 amide bonds. The third-order valence-corrected chi connectivity index (χ3v) is 5.70. The Hall–Kier alpha value is -3.00. The SMILES string of the molecule is CC(C)(C)c1ccc2c(c1)C(=NN=c1cccccc1)c1cc(C(C)(C)C)ccc1-2. The van der Waals surface area contributed by atoms with Crippen LogP contribution in [0.15, 0.2) is 83.0 Å². The fourth-order valence-electron chi connectivity index (χ4n) is 3.80. The van der Waals surface area contributed by atoms with Gasteiger partial charge in [-0.05, 0) is 57.3 Å². The molecule has 0 spiro atoms. The summed E-state index contributed by atoms with van der Waals surface area (Å²) in [5, 5.41) is 10.2. The van der Waals surface area contributed by atoms with Crippen molar-refractivity contribution in [2.75, 3.05) is 0 Å². The van der Waals surface area contributed by atoms with E-state index in [0.29, 0.717) is 0 Å². The van der Waals surface area contributed by atoms with Crippen molar-refractivity contribution in [3.8, 4) is 11.1 Å². The maximum atomic E-state index is 4.79. The van der Waals surface area contributed by atoms with Crippen LogP contribution in [0.25, 0.3) is 11.1 Å². The highest BCUT2D eigenvalue weighted by Gasteiger charge is 2.28. The van der Waals surface area contributed by atoms with E-state index in [1.54, 1.807) is 0 Å². The summed E-state index contributed by atoms with van der Waals surface area (Å²) in [4.78, 5) is 0. The Morgan fingerprint density at radius 2 is 0.967 bits per heavy atom. The van der Waals surface area contributed by atoms with Crippen LogP contribution in [0, 0.1) is 0 Å². The van der Waals surface area contributed by atoms with Gasteiger partial charge in [0.05, 0.1) is 5.36 Å². The highest BCUT2D eigenvalue weighted by molar-refractivity contribution is 6.24. The van der Waals surface area contributed by atoms with Gasteiger partial charge in [0.1, 0.15) is 5.71 Å². The Labute approximate surface area is 180 Å². The number of fused-ring (bicyclic) bond motifs is 3. The monoisotopic (exact) mass is 394 g/mol. The van der Waals surface area contributed by atoms with E-state index in [1.807, 2.05) is 36.4 Å². The highest BCUT2D eigenvalue weighted by atomic mass is 15.2. The molecule has 0 saturated carbocycles. The first-order chi connectivity index (χ1) is 14.1. The number of rotatable bonds is 1. The van der Waals surface area contributed by atoms with Gasteiger partial charge in [0.25, 0.3) is 0 Å². The lowest BCUT2D eigenvalue weighted by Crippen LogP contribution is -2.13. The Kier molecular flexibility index (Phi) is 4.97. The molecule has 0 fully saturated rings. The summed E-state index contributed by atoms with van der Waals surface area (Å²) < 4.78 is 0. The van der Waals surface area contributed by atoms with E-state index in [0.717, 1.165) is 11.1 Å². The molecule has 30 heavy (non-hydrogen) atoms. The van der Waals surface area contributed by atoms with Crippen molar-refractivity contribution in [3.05, 3.63) is 100 Å². The lowest BCUT2D eigenvalue weighted by molar-refractivity contribution is 0.590. The molecule has 3 aromatic rings. The smallest absolute Gasteiger partial charge is 0.101 e. The molecule has 0 N–H and O–H groups in total. The first-order valence-electron chi connectivity index (χ1n) is 10.6. The van der Waals surface area contributed by atoms with Crippen LogP contribution in [-0.4, -0.2) is 5.71 Å². The van der Waals surface area contributed by atoms with Crippen LogP contribution in [0.2, 0.25) is 0 Å². The van der Waals surface area contributed by atoms with E-state index >= 15 is 0 Å². The highest BCUT2D eigenvalue weighted by Crippen LogP contribution is 2.41. The molecule has 0 atom stereocenters. The molecule has 2 nitrogen and oxygen atoms in total. The van der Waals surface area contributed by atoms with Crippen molar-refractivity contribution in [2.24, 2.45) is 10.2 Å². The zero-order chi connectivity index (χ0) is 21.5. The molecule has 3 aromatic carbocycles. The summed E-state index contributed by atoms with van der Waals surface area (Å²) in [6.07, 6.45) is 0. The van der Waals surface area contributed by atoms with E-state index in [2.05, 4.69) is 83.0 Å². The minimum Gasteiger partial charge on any atom is -0.151 e. The normalized spacial score (nSPS) is 12.9. The van der Waals surface area contributed by atoms with Crippen molar-refractivity contribution in [2.45, 2.75) is 52.4 Å². The van der Waals surface area contributed by atoms with E-state index in [1.165, 1.54) is 33.4 Å². The maximum absolute atomic E-state index is 4.79. The Balaban J connectivity index is 1.96. The third-order valence-electron chi connectivity index (χ3n) is 5.70. The summed E-state index contributed by atoms with van der Waals surface area (Å²) in [5.41, 5.74) is 8.57. The molecule has 1 aliphatic carbocycles. The quantitative estimate of drug-likeness (QED) is 0.324. The number of hydrogen-bond acceptors (Lipinski definition) is 2. The fourth-order valence-corrected chi connectivity index (χ4v) is 3.80. The largest absolute Gasteiger partial charge is 0.151 e. The molecule has 4 rings (SSSR count). The minimum atomic E-state index is 0.0792. The van der Waals surface area contributed by atoms with Gasteiger partial charge in [-0.1, -0.05) is 90.1 Å². The summed E-state index contributed by atoms with van der Waals surface area (Å²) in [5.74, 6) is 0. The van der Waals surface area contributed by atoms with Gasteiger partial charge >= 0.3 is 0 Å². The third kappa shape index (κ3) is 3.87. The van der Waals surface area contributed by atoms with Crippen molar-refractivity contribution in [3.63, 3.8) is 0 Å². The lowest BCUT2D eigenvalue weighted by Gasteiger charge is -2.20. The van der Waals surface area contributed by atoms with Gasteiger partial charge < -0.3 is 0 Å². The average molecular weight is 395 g/mol. The van der Waals surface area contributed by atoms with Gasteiger partial charge in [0, 0.05) is 11.1 Å². The molecule has 0 aromatic heterocycles. The standard InChI is InChI=1S/C28H30N2/c1-27(2,3)19-13-15-22-23-16-14-20(28(4,5)6)18-25(23)26(24(22)17-19)30-29-21-11-9-7-8-10-12-21/h7-18H,1-6H3. The first kappa shape index (κ1) is 20.3. The Morgan fingerprint density at radius 3 is 1.40 bits per heavy atom. The number of hydrogen-bond donors (Lipinski definition) is 0. The van der Waals surface area contributed by atoms with Crippen LogP contribution < -0.4 is 5.36 Å². The molecule has 0 heterocycles. The Morgan fingerprint density at radius 1 is 0.500 bits per heavy atom. The second-order valence-electron chi connectivity index (χ2n) is 10.1. The van der Waals surface area contributed by atoms with Crippen molar-refractivity contribution < 1.29 is 0 Å². The van der Waals surface area contributed by atoms with Crippen molar-refractivity contribution >= 4 is 5.71 Å². The summed E-state index contributed by atoms with van der Waals surface area (Å²) >= 11 is 0. The molecule has 0 aliphatic heterocycles. The average Bonchev–Trinajstić information content (AvgIpc) is 2.81. The van der Waals surface area contributed by atoms with Crippen LogP contribution in [0.4, 0.5) is 0 Å². The fraction of sp³-hybridized carbons (Fsp3) is 0.286. The molecular formula is C28H30N2. The van der Waals surface area contributed by atoms with Gasteiger partial charge in [-0.15, -0.1) is 5.10 Å². The maximum Gasteiger partial charge on any atom is 0.101 e. The summed E-state index contributed by atoms with van der Waals surface area (Å²) in [7, 11) is 0. The van der Waals surface area contributed by atoms with Gasteiger partial charge in [-0.3, -0.25) is 0 Å². The number of benzene rings is 2. The second-order valence-corrected chi connectivity index (χ2v) is 10.1. The van der Waals surface area contributed by atoms with Crippen LogP contribution >= 0.6 is 0 Å². The zero-order valence-electron chi connectivity index (χ0n) is 18.8. The molecule has 1 aliphatic rings. The van der Waals surface area contributed by atoms with E-state index < -0.39 is 0 Å². The first-order valence-corrected chi connectivity index (χ1v) is 10.6. The zero-order valence-corrected chi connectivity index (χ0v) is 18.8. The molecule has 0 bridgehead atoms. The summed E-state index contributed by atoms with van der Waals surface area (Å²) in [6.45, 7) is 13.5. The van der Waals surface area contributed by atoms with Crippen LogP contribution in [0.5, 0.6) is 0 Å². The molecule has 2 heteroatoms. The van der Waals surface area contributed by atoms with Gasteiger partial charge in [0.15, 0.2) is 0 Å². The van der Waals surface area contributed by atoms with E-state index in [-0.39, 0.29) is 10.8 Å². The van der Waals surface area contributed by atoms with E-state index in [4.69, 9.17) is 5.10 Å². The van der Waals surface area contributed by atoms with Gasteiger partial charge in [0.2, 0.25) is 0 Å². The van der Waals surface area contributed by atoms with Gasteiger partial charge in [-0.2, -0.15) is 5.10 Å². The second kappa shape index (κ2) is 7.36. The van der Waals surface area contributed by atoms with Gasteiger partial charge in [-0.25, -0.2) is 0 Å².